The summed E-state index contributed by atoms with van der Waals surface area (Å²) < 4.78 is 13.1. The number of alkyl halides is 1. The van der Waals surface area contributed by atoms with Gasteiger partial charge in [0.1, 0.15) is 5.82 Å². The average Bonchev–Trinajstić information content (AvgIpc) is 2.10. The second kappa shape index (κ2) is 5.17. The van der Waals surface area contributed by atoms with Gasteiger partial charge in [0, 0.05) is 17.3 Å². The van der Waals surface area contributed by atoms with Gasteiger partial charge in [-0.3, -0.25) is 4.79 Å². The highest BCUT2D eigenvalue weighted by molar-refractivity contribution is 6.30. The maximum absolute atomic E-state index is 13.1. The zero-order valence-corrected chi connectivity index (χ0v) is 8.70. The molecule has 0 aliphatic carbocycles. The fourth-order valence-electron chi connectivity index (χ4n) is 0.889. The lowest BCUT2D eigenvalue weighted by Gasteiger charge is -2.04. The van der Waals surface area contributed by atoms with Crippen LogP contribution in [0.15, 0.2) is 18.2 Å². The van der Waals surface area contributed by atoms with Gasteiger partial charge < -0.3 is 5.32 Å². The highest BCUT2D eigenvalue weighted by atomic mass is 35.5. The number of benzene rings is 1. The number of carbonyl (C=O) groups excluding carboxylic acids is 1. The van der Waals surface area contributed by atoms with E-state index in [1.807, 2.05) is 0 Å². The Kier molecular flexibility index (Phi) is 4.17. The van der Waals surface area contributed by atoms with E-state index in [2.05, 4.69) is 5.32 Å². The van der Waals surface area contributed by atoms with Crippen LogP contribution in [0.2, 0.25) is 5.02 Å². The van der Waals surface area contributed by atoms with E-state index >= 15 is 0 Å². The first-order valence-electron chi connectivity index (χ1n) is 3.94. The molecule has 0 saturated heterocycles. The second-order valence-electron chi connectivity index (χ2n) is 2.61. The van der Waals surface area contributed by atoms with Crippen molar-refractivity contribution < 1.29 is 9.18 Å². The van der Waals surface area contributed by atoms with Crippen LogP contribution in [-0.2, 0) is 4.79 Å². The fraction of sp³-hybridized carbons (Fsp3) is 0.222. The number of anilines is 1. The summed E-state index contributed by atoms with van der Waals surface area (Å²) in [6.45, 7) is 0. The van der Waals surface area contributed by atoms with E-state index < -0.39 is 5.82 Å². The molecular formula is C9H8Cl2FNO. The van der Waals surface area contributed by atoms with Gasteiger partial charge in [-0.25, -0.2) is 4.39 Å². The lowest BCUT2D eigenvalue weighted by Crippen LogP contribution is -2.12. The van der Waals surface area contributed by atoms with Crippen molar-refractivity contribution in [2.75, 3.05) is 11.2 Å². The van der Waals surface area contributed by atoms with Crippen molar-refractivity contribution in [1.82, 2.24) is 0 Å². The molecule has 5 heteroatoms. The Labute approximate surface area is 91.0 Å². The molecule has 0 unspecified atom stereocenters. The van der Waals surface area contributed by atoms with E-state index in [1.165, 1.54) is 12.1 Å². The molecule has 0 spiro atoms. The summed E-state index contributed by atoms with van der Waals surface area (Å²) in [5.41, 5.74) is 0.115. The topological polar surface area (TPSA) is 29.1 Å². The first-order chi connectivity index (χ1) is 6.63. The maximum Gasteiger partial charge on any atom is 0.225 e. The fourth-order valence-corrected chi connectivity index (χ4v) is 1.22. The van der Waals surface area contributed by atoms with Gasteiger partial charge in [-0.1, -0.05) is 11.6 Å². The van der Waals surface area contributed by atoms with E-state index in [0.29, 0.717) is 0 Å². The molecule has 0 aliphatic heterocycles. The van der Waals surface area contributed by atoms with Crippen molar-refractivity contribution >= 4 is 34.8 Å². The molecule has 0 heterocycles. The van der Waals surface area contributed by atoms with Gasteiger partial charge in [-0.2, -0.15) is 0 Å². The Morgan fingerprint density at radius 2 is 2.21 bits per heavy atom. The quantitative estimate of drug-likeness (QED) is 0.803. The first kappa shape index (κ1) is 11.3. The molecule has 1 amide bonds. The van der Waals surface area contributed by atoms with Gasteiger partial charge in [-0.15, -0.1) is 11.6 Å². The Morgan fingerprint density at radius 1 is 1.50 bits per heavy atom. The van der Waals surface area contributed by atoms with Crippen molar-refractivity contribution in [1.29, 1.82) is 0 Å². The van der Waals surface area contributed by atoms with Crippen molar-refractivity contribution in [3.63, 3.8) is 0 Å². The molecule has 1 aromatic carbocycles. The molecule has 0 fully saturated rings. The molecule has 1 rings (SSSR count). The van der Waals surface area contributed by atoms with E-state index in [9.17, 15) is 9.18 Å². The van der Waals surface area contributed by atoms with Crippen LogP contribution < -0.4 is 5.32 Å². The van der Waals surface area contributed by atoms with Crippen LogP contribution in [0.5, 0.6) is 0 Å². The molecule has 0 bridgehead atoms. The highest BCUT2D eigenvalue weighted by Crippen LogP contribution is 2.18. The molecule has 0 radical (unpaired) electrons. The predicted molar refractivity (Wildman–Crippen MR) is 55.4 cm³/mol. The van der Waals surface area contributed by atoms with E-state index in [0.717, 1.165) is 6.07 Å². The maximum atomic E-state index is 13.1. The standard InChI is InChI=1S/C9H8Cl2FNO/c10-4-3-9(14)13-8-2-1-6(11)5-7(8)12/h1-2,5H,3-4H2,(H,13,14). The minimum absolute atomic E-state index is 0.115. The summed E-state index contributed by atoms with van der Waals surface area (Å²) in [6.07, 6.45) is 0.156. The highest BCUT2D eigenvalue weighted by Gasteiger charge is 2.06. The molecule has 1 N–H and O–H groups in total. The summed E-state index contributed by atoms with van der Waals surface area (Å²) in [7, 11) is 0. The van der Waals surface area contributed by atoms with E-state index in [4.69, 9.17) is 23.2 Å². The number of rotatable bonds is 3. The van der Waals surface area contributed by atoms with E-state index in [-0.39, 0.29) is 28.9 Å². The molecule has 76 valence electrons. The third-order valence-electron chi connectivity index (χ3n) is 1.53. The lowest BCUT2D eigenvalue weighted by atomic mass is 10.3. The Balaban J connectivity index is 2.72. The van der Waals surface area contributed by atoms with Crippen LogP contribution >= 0.6 is 23.2 Å². The van der Waals surface area contributed by atoms with Gasteiger partial charge in [-0.05, 0) is 18.2 Å². The summed E-state index contributed by atoms with van der Waals surface area (Å²) in [6, 6.07) is 4.04. The predicted octanol–water partition coefficient (Wildman–Crippen LogP) is 3.05. The molecule has 0 aromatic heterocycles. The van der Waals surface area contributed by atoms with Crippen molar-refractivity contribution in [2.24, 2.45) is 0 Å². The monoisotopic (exact) mass is 235 g/mol. The zero-order chi connectivity index (χ0) is 10.6. The summed E-state index contributed by atoms with van der Waals surface area (Å²) in [5, 5.41) is 2.67. The third kappa shape index (κ3) is 3.16. The minimum Gasteiger partial charge on any atom is -0.324 e. The smallest absolute Gasteiger partial charge is 0.225 e. The van der Waals surface area contributed by atoms with Crippen LogP contribution in [0.3, 0.4) is 0 Å². The second-order valence-corrected chi connectivity index (χ2v) is 3.43. The van der Waals surface area contributed by atoms with E-state index in [1.54, 1.807) is 0 Å². The van der Waals surface area contributed by atoms with Gasteiger partial charge in [0.25, 0.3) is 0 Å². The minimum atomic E-state index is -0.555. The molecule has 0 atom stereocenters. The zero-order valence-electron chi connectivity index (χ0n) is 7.19. The largest absolute Gasteiger partial charge is 0.324 e. The van der Waals surface area contributed by atoms with Crippen LogP contribution in [0.25, 0.3) is 0 Å². The Hall–Kier alpha value is -0.800. The molecule has 1 aromatic rings. The number of carbonyl (C=O) groups is 1. The van der Waals surface area contributed by atoms with Crippen LogP contribution in [0.4, 0.5) is 10.1 Å². The number of halogens is 3. The number of hydrogen-bond donors (Lipinski definition) is 1. The summed E-state index contributed by atoms with van der Waals surface area (Å²) >= 11 is 10.9. The van der Waals surface area contributed by atoms with Gasteiger partial charge in [0.2, 0.25) is 5.91 Å². The average molecular weight is 236 g/mol. The molecule has 0 aliphatic rings. The van der Waals surface area contributed by atoms with Gasteiger partial charge in [0.15, 0.2) is 0 Å². The van der Waals surface area contributed by atoms with Gasteiger partial charge in [0.05, 0.1) is 5.69 Å². The Bertz CT molecular complexity index is 344. The van der Waals surface area contributed by atoms with Gasteiger partial charge >= 0.3 is 0 Å². The van der Waals surface area contributed by atoms with Crippen LogP contribution in [0.1, 0.15) is 6.42 Å². The van der Waals surface area contributed by atoms with Crippen molar-refractivity contribution in [2.45, 2.75) is 6.42 Å². The first-order valence-corrected chi connectivity index (χ1v) is 4.85. The summed E-state index contributed by atoms with van der Waals surface area (Å²) in [4.78, 5) is 11.1. The summed E-state index contributed by atoms with van der Waals surface area (Å²) in [5.74, 6) is -0.664. The molecule has 2 nitrogen and oxygen atoms in total. The Morgan fingerprint density at radius 3 is 2.79 bits per heavy atom. The normalized spacial score (nSPS) is 9.93. The lowest BCUT2D eigenvalue weighted by molar-refractivity contribution is -0.115. The third-order valence-corrected chi connectivity index (χ3v) is 1.95. The SMILES string of the molecule is O=C(CCCl)Nc1ccc(Cl)cc1F. The van der Waals surface area contributed by atoms with Crippen molar-refractivity contribution in [3.8, 4) is 0 Å². The van der Waals surface area contributed by atoms with Crippen LogP contribution in [-0.4, -0.2) is 11.8 Å². The number of nitrogens with one attached hydrogen (secondary N) is 1. The molecule has 0 saturated carbocycles. The number of amides is 1. The molecular weight excluding hydrogens is 228 g/mol. The van der Waals surface area contributed by atoms with Crippen molar-refractivity contribution in [3.05, 3.63) is 29.0 Å². The van der Waals surface area contributed by atoms with Crippen LogP contribution in [0, 0.1) is 5.82 Å². The molecule has 14 heavy (non-hydrogen) atoms. The number of hydrogen-bond acceptors (Lipinski definition) is 1.